The summed E-state index contributed by atoms with van der Waals surface area (Å²) in [6, 6.07) is 9.73. The van der Waals surface area contributed by atoms with Crippen LogP contribution in [0.2, 0.25) is 0 Å². The highest BCUT2D eigenvalue weighted by Gasteiger charge is 2.15. The van der Waals surface area contributed by atoms with E-state index in [-0.39, 0.29) is 6.54 Å². The number of hydrogen-bond donors (Lipinski definition) is 1. The average Bonchev–Trinajstić information content (AvgIpc) is 2.79. The third-order valence-electron chi connectivity index (χ3n) is 2.82. The van der Waals surface area contributed by atoms with E-state index >= 15 is 0 Å². The van der Waals surface area contributed by atoms with E-state index in [0.717, 1.165) is 11.0 Å². The monoisotopic (exact) mass is 250 g/mol. The van der Waals surface area contributed by atoms with Gasteiger partial charge in [0.15, 0.2) is 11.6 Å². The number of nitrogens with two attached hydrogens (primary N) is 1. The Kier molecular flexibility index (Phi) is 2.58. The van der Waals surface area contributed by atoms with Crippen LogP contribution >= 0.6 is 0 Å². The van der Waals surface area contributed by atoms with E-state index in [9.17, 15) is 0 Å². The molecule has 0 unspecified atom stereocenters. The minimum Gasteiger partial charge on any atom is -0.382 e. The largest absolute Gasteiger partial charge is 0.382 e. The minimum atomic E-state index is 0.186. The SMILES string of the molecule is N#CCn1c(-c2nccnc2N)nc2ccccc21. The Morgan fingerprint density at radius 3 is 2.79 bits per heavy atom. The molecule has 0 aliphatic heterocycles. The Hall–Kier alpha value is -2.94. The molecule has 2 heterocycles. The predicted octanol–water partition coefficient (Wildman–Crippen LogP) is 1.60. The number of nitrogen functional groups attached to an aromatic ring is 1. The number of benzene rings is 1. The van der Waals surface area contributed by atoms with E-state index in [0.29, 0.717) is 17.3 Å². The summed E-state index contributed by atoms with van der Waals surface area (Å²) in [7, 11) is 0. The molecule has 0 amide bonds. The molecule has 3 rings (SSSR count). The van der Waals surface area contributed by atoms with Crippen molar-refractivity contribution in [3.05, 3.63) is 36.7 Å². The van der Waals surface area contributed by atoms with Crippen LogP contribution in [0, 0.1) is 11.3 Å². The van der Waals surface area contributed by atoms with Crippen molar-refractivity contribution in [1.29, 1.82) is 5.26 Å². The molecule has 0 bridgehead atoms. The van der Waals surface area contributed by atoms with Crippen LogP contribution in [0.1, 0.15) is 0 Å². The normalized spacial score (nSPS) is 10.5. The van der Waals surface area contributed by atoms with Gasteiger partial charge in [-0.3, -0.25) is 0 Å². The molecular formula is C13H10N6. The summed E-state index contributed by atoms with van der Waals surface area (Å²) < 4.78 is 1.79. The van der Waals surface area contributed by atoms with Gasteiger partial charge in [-0.2, -0.15) is 5.26 Å². The molecule has 0 radical (unpaired) electrons. The first-order chi connectivity index (χ1) is 9.31. The molecule has 0 spiro atoms. The highest BCUT2D eigenvalue weighted by atomic mass is 15.1. The maximum Gasteiger partial charge on any atom is 0.164 e. The zero-order valence-electron chi connectivity index (χ0n) is 9.98. The second-order valence-corrected chi connectivity index (χ2v) is 3.96. The number of rotatable bonds is 2. The van der Waals surface area contributed by atoms with Gasteiger partial charge in [0.05, 0.1) is 17.1 Å². The maximum atomic E-state index is 8.97. The summed E-state index contributed by atoms with van der Waals surface area (Å²) in [6.07, 6.45) is 3.08. The molecule has 6 heteroatoms. The molecule has 0 saturated heterocycles. The second kappa shape index (κ2) is 4.38. The Bertz CT molecular complexity index is 783. The summed E-state index contributed by atoms with van der Waals surface area (Å²) >= 11 is 0. The molecule has 92 valence electrons. The zero-order chi connectivity index (χ0) is 13.2. The van der Waals surface area contributed by atoms with Crippen molar-refractivity contribution in [3.8, 4) is 17.6 Å². The molecule has 3 aromatic rings. The fraction of sp³-hybridized carbons (Fsp3) is 0.0769. The Balaban J connectivity index is 2.32. The van der Waals surface area contributed by atoms with Gasteiger partial charge in [-0.25, -0.2) is 15.0 Å². The van der Waals surface area contributed by atoms with Gasteiger partial charge in [0.2, 0.25) is 0 Å². The number of aromatic nitrogens is 4. The number of fused-ring (bicyclic) bond motifs is 1. The van der Waals surface area contributed by atoms with E-state index < -0.39 is 0 Å². The second-order valence-electron chi connectivity index (χ2n) is 3.96. The van der Waals surface area contributed by atoms with Crippen LogP contribution in [-0.2, 0) is 6.54 Å². The molecule has 19 heavy (non-hydrogen) atoms. The number of para-hydroxylation sites is 2. The lowest BCUT2D eigenvalue weighted by atomic mass is 10.3. The van der Waals surface area contributed by atoms with Crippen LogP contribution in [0.15, 0.2) is 36.7 Å². The Morgan fingerprint density at radius 1 is 1.21 bits per heavy atom. The van der Waals surface area contributed by atoms with Gasteiger partial charge in [0.1, 0.15) is 12.2 Å². The molecule has 6 nitrogen and oxygen atoms in total. The first-order valence-electron chi connectivity index (χ1n) is 5.70. The number of nitrogens with zero attached hydrogens (tertiary/aromatic N) is 5. The minimum absolute atomic E-state index is 0.186. The van der Waals surface area contributed by atoms with Gasteiger partial charge in [-0.15, -0.1) is 0 Å². The van der Waals surface area contributed by atoms with Gasteiger partial charge in [-0.05, 0) is 12.1 Å². The first kappa shape index (κ1) is 11.2. The van der Waals surface area contributed by atoms with Gasteiger partial charge < -0.3 is 10.3 Å². The van der Waals surface area contributed by atoms with Crippen LogP contribution in [0.25, 0.3) is 22.6 Å². The lowest BCUT2D eigenvalue weighted by molar-refractivity contribution is 0.864. The number of nitriles is 1. The van der Waals surface area contributed by atoms with Crippen LogP contribution in [-0.4, -0.2) is 19.5 Å². The summed E-state index contributed by atoms with van der Waals surface area (Å²) in [5.41, 5.74) is 8.01. The lowest BCUT2D eigenvalue weighted by Crippen LogP contribution is -2.03. The molecular weight excluding hydrogens is 240 g/mol. The van der Waals surface area contributed by atoms with Gasteiger partial charge in [-0.1, -0.05) is 12.1 Å². The van der Waals surface area contributed by atoms with E-state index in [1.165, 1.54) is 6.20 Å². The number of imidazole rings is 1. The highest BCUT2D eigenvalue weighted by Crippen LogP contribution is 2.25. The van der Waals surface area contributed by atoms with Crippen LogP contribution in [0.4, 0.5) is 5.82 Å². The zero-order valence-corrected chi connectivity index (χ0v) is 9.98. The lowest BCUT2D eigenvalue weighted by Gasteiger charge is -2.05. The van der Waals surface area contributed by atoms with Gasteiger partial charge in [0, 0.05) is 12.4 Å². The van der Waals surface area contributed by atoms with Crippen LogP contribution < -0.4 is 5.73 Å². The number of anilines is 1. The van der Waals surface area contributed by atoms with E-state index in [4.69, 9.17) is 11.0 Å². The van der Waals surface area contributed by atoms with Crippen molar-refractivity contribution < 1.29 is 0 Å². The van der Waals surface area contributed by atoms with Gasteiger partial charge >= 0.3 is 0 Å². The van der Waals surface area contributed by atoms with Crippen LogP contribution in [0.3, 0.4) is 0 Å². The Labute approximate surface area is 109 Å². The van der Waals surface area contributed by atoms with E-state index in [2.05, 4.69) is 21.0 Å². The molecule has 2 N–H and O–H groups in total. The van der Waals surface area contributed by atoms with Crippen molar-refractivity contribution >= 4 is 16.9 Å². The molecule has 1 aromatic carbocycles. The summed E-state index contributed by atoms with van der Waals surface area (Å²) in [5.74, 6) is 0.866. The molecule has 0 saturated carbocycles. The third kappa shape index (κ3) is 1.77. The fourth-order valence-electron chi connectivity index (χ4n) is 2.01. The topological polar surface area (TPSA) is 93.4 Å². The van der Waals surface area contributed by atoms with Crippen molar-refractivity contribution in [2.75, 3.05) is 5.73 Å². The molecule has 2 aromatic heterocycles. The maximum absolute atomic E-state index is 8.97. The number of hydrogen-bond acceptors (Lipinski definition) is 5. The molecule has 0 aliphatic rings. The van der Waals surface area contributed by atoms with Crippen molar-refractivity contribution in [2.45, 2.75) is 6.54 Å². The predicted molar refractivity (Wildman–Crippen MR) is 70.8 cm³/mol. The van der Waals surface area contributed by atoms with E-state index in [1.807, 2.05) is 24.3 Å². The fourth-order valence-corrected chi connectivity index (χ4v) is 2.01. The molecule has 0 aliphatic carbocycles. The molecule has 0 fully saturated rings. The highest BCUT2D eigenvalue weighted by molar-refractivity contribution is 5.81. The quantitative estimate of drug-likeness (QED) is 0.745. The van der Waals surface area contributed by atoms with E-state index in [1.54, 1.807) is 10.8 Å². The van der Waals surface area contributed by atoms with Crippen molar-refractivity contribution in [1.82, 2.24) is 19.5 Å². The standard InChI is InChI=1S/C13H10N6/c14-5-8-19-10-4-2-1-3-9(10)18-13(19)11-12(15)17-7-6-16-11/h1-4,6-7H,8H2,(H2,15,17). The molecule has 0 atom stereocenters. The Morgan fingerprint density at radius 2 is 2.00 bits per heavy atom. The summed E-state index contributed by atoms with van der Waals surface area (Å²) in [5, 5.41) is 8.97. The summed E-state index contributed by atoms with van der Waals surface area (Å²) in [6.45, 7) is 0.186. The smallest absolute Gasteiger partial charge is 0.164 e. The van der Waals surface area contributed by atoms with Gasteiger partial charge in [0.25, 0.3) is 0 Å². The third-order valence-corrected chi connectivity index (χ3v) is 2.82. The average molecular weight is 250 g/mol. The first-order valence-corrected chi connectivity index (χ1v) is 5.70. The van der Waals surface area contributed by atoms with Crippen molar-refractivity contribution in [2.24, 2.45) is 0 Å². The van der Waals surface area contributed by atoms with Crippen molar-refractivity contribution in [3.63, 3.8) is 0 Å². The summed E-state index contributed by atoms with van der Waals surface area (Å²) in [4.78, 5) is 12.7. The van der Waals surface area contributed by atoms with Crippen LogP contribution in [0.5, 0.6) is 0 Å².